The summed E-state index contributed by atoms with van der Waals surface area (Å²) >= 11 is 0. The molecule has 98 valence electrons. The van der Waals surface area contributed by atoms with Crippen molar-refractivity contribution in [3.8, 4) is 0 Å². The van der Waals surface area contributed by atoms with E-state index in [1.807, 2.05) is 48.7 Å². The first-order chi connectivity index (χ1) is 9.76. The molecular weight excluding hydrogens is 246 g/mol. The summed E-state index contributed by atoms with van der Waals surface area (Å²) in [6.07, 6.45) is 1.95. The van der Waals surface area contributed by atoms with Crippen LogP contribution < -0.4 is 0 Å². The highest BCUT2D eigenvalue weighted by Gasteiger charge is 2.59. The summed E-state index contributed by atoms with van der Waals surface area (Å²) in [6, 6.07) is 17.9. The molecule has 2 heteroatoms. The van der Waals surface area contributed by atoms with E-state index >= 15 is 0 Å². The first-order valence-electron chi connectivity index (χ1n) is 6.99. The van der Waals surface area contributed by atoms with Gasteiger partial charge in [0.05, 0.1) is 11.5 Å². The molecule has 0 amide bonds. The normalized spacial score (nSPS) is 30.4. The maximum Gasteiger partial charge on any atom is 0.176 e. The Labute approximate surface area is 118 Å². The standard InChI is InChI=1S/C18H15NO/c1-12-11-19-16-14-9-5-6-10-15(14)17(20)18(12,16)13-7-3-2-4-8-13/h2-12,16H,1H3/t12-,16+,18+/m1/s1. The van der Waals surface area contributed by atoms with E-state index in [0.29, 0.717) is 0 Å². The van der Waals surface area contributed by atoms with Crippen LogP contribution in [-0.2, 0) is 5.41 Å². The average Bonchev–Trinajstić information content (AvgIpc) is 2.97. The Bertz CT molecular complexity index is 719. The van der Waals surface area contributed by atoms with Gasteiger partial charge in [0.25, 0.3) is 0 Å². The number of hydrogen-bond acceptors (Lipinski definition) is 2. The van der Waals surface area contributed by atoms with Gasteiger partial charge >= 0.3 is 0 Å². The molecule has 1 aliphatic carbocycles. The lowest BCUT2D eigenvalue weighted by Crippen LogP contribution is -2.39. The summed E-state index contributed by atoms with van der Waals surface area (Å²) in [7, 11) is 0. The van der Waals surface area contributed by atoms with Gasteiger partial charge in [-0.25, -0.2) is 0 Å². The average molecular weight is 261 g/mol. The minimum atomic E-state index is -0.537. The second-order valence-electron chi connectivity index (χ2n) is 5.64. The van der Waals surface area contributed by atoms with Crippen molar-refractivity contribution in [3.05, 3.63) is 71.3 Å². The lowest BCUT2D eigenvalue weighted by molar-refractivity contribution is 0.0868. The zero-order chi connectivity index (χ0) is 13.7. The highest BCUT2D eigenvalue weighted by atomic mass is 16.1. The summed E-state index contributed by atoms with van der Waals surface area (Å²) in [6.45, 7) is 2.10. The Morgan fingerprint density at radius 2 is 1.70 bits per heavy atom. The molecule has 3 atom stereocenters. The molecule has 4 rings (SSSR count). The topological polar surface area (TPSA) is 29.4 Å². The number of hydrogen-bond donors (Lipinski definition) is 0. The third-order valence-electron chi connectivity index (χ3n) is 4.74. The number of rotatable bonds is 1. The predicted molar refractivity (Wildman–Crippen MR) is 79.3 cm³/mol. The molecule has 0 radical (unpaired) electrons. The van der Waals surface area contributed by atoms with Gasteiger partial charge in [0.15, 0.2) is 5.78 Å². The molecule has 1 aliphatic heterocycles. The molecule has 2 nitrogen and oxygen atoms in total. The van der Waals surface area contributed by atoms with Crippen molar-refractivity contribution >= 4 is 12.0 Å². The van der Waals surface area contributed by atoms with Gasteiger partial charge in [-0.1, -0.05) is 61.5 Å². The molecule has 2 aromatic carbocycles. The minimum absolute atomic E-state index is 0.0661. The summed E-state index contributed by atoms with van der Waals surface area (Å²) in [5.74, 6) is 0.337. The number of carbonyl (C=O) groups is 1. The van der Waals surface area contributed by atoms with E-state index in [4.69, 9.17) is 0 Å². The van der Waals surface area contributed by atoms with E-state index in [0.717, 1.165) is 16.7 Å². The van der Waals surface area contributed by atoms with Crippen molar-refractivity contribution in [1.29, 1.82) is 0 Å². The highest BCUT2D eigenvalue weighted by Crippen LogP contribution is 2.56. The van der Waals surface area contributed by atoms with Crippen LogP contribution in [0.4, 0.5) is 0 Å². The number of ketones is 1. The summed E-state index contributed by atoms with van der Waals surface area (Å²) in [5, 5.41) is 0. The van der Waals surface area contributed by atoms with Gasteiger partial charge in [0.2, 0.25) is 0 Å². The second-order valence-corrected chi connectivity index (χ2v) is 5.64. The van der Waals surface area contributed by atoms with Crippen molar-refractivity contribution in [3.63, 3.8) is 0 Å². The summed E-state index contributed by atoms with van der Waals surface area (Å²) < 4.78 is 0. The fourth-order valence-electron chi connectivity index (χ4n) is 3.79. The Kier molecular flexibility index (Phi) is 2.25. The fourth-order valence-corrected chi connectivity index (χ4v) is 3.79. The molecule has 0 fully saturated rings. The highest BCUT2D eigenvalue weighted by molar-refractivity contribution is 6.12. The van der Waals surface area contributed by atoms with Crippen molar-refractivity contribution < 1.29 is 4.79 Å². The SMILES string of the molecule is C[C@@H]1C=N[C@H]2c3ccccc3C(=O)[C@]12c1ccccc1. The van der Waals surface area contributed by atoms with E-state index in [2.05, 4.69) is 24.0 Å². The van der Waals surface area contributed by atoms with Crippen LogP contribution in [0.2, 0.25) is 0 Å². The van der Waals surface area contributed by atoms with Crippen LogP contribution in [0.3, 0.4) is 0 Å². The molecule has 0 unspecified atom stereocenters. The molecule has 0 bridgehead atoms. The molecule has 0 N–H and O–H groups in total. The maximum absolute atomic E-state index is 13.1. The first-order valence-corrected chi connectivity index (χ1v) is 6.99. The second kappa shape index (κ2) is 3.89. The van der Waals surface area contributed by atoms with Gasteiger partial charge in [-0.2, -0.15) is 0 Å². The summed E-state index contributed by atoms with van der Waals surface area (Å²) in [5.41, 5.74) is 2.45. The van der Waals surface area contributed by atoms with Gasteiger partial charge in [0.1, 0.15) is 0 Å². The Hall–Kier alpha value is -2.22. The molecular formula is C18H15NO. The molecule has 20 heavy (non-hydrogen) atoms. The number of fused-ring (bicyclic) bond motifs is 3. The van der Waals surface area contributed by atoms with Crippen LogP contribution in [0.1, 0.15) is 34.5 Å². The van der Waals surface area contributed by atoms with E-state index in [9.17, 15) is 4.79 Å². The van der Waals surface area contributed by atoms with Gasteiger partial charge in [-0.15, -0.1) is 0 Å². The fraction of sp³-hybridized carbons (Fsp3) is 0.222. The maximum atomic E-state index is 13.1. The molecule has 0 saturated heterocycles. The number of Topliss-reactive ketones (excluding diaryl/α,β-unsaturated/α-hetero) is 1. The van der Waals surface area contributed by atoms with Gasteiger partial charge in [-0.3, -0.25) is 9.79 Å². The Balaban J connectivity index is 2.01. The zero-order valence-electron chi connectivity index (χ0n) is 11.3. The van der Waals surface area contributed by atoms with Gasteiger partial charge in [-0.05, 0) is 11.1 Å². The molecule has 2 aromatic rings. The molecule has 0 saturated carbocycles. The zero-order valence-corrected chi connectivity index (χ0v) is 11.3. The molecule has 1 heterocycles. The van der Waals surface area contributed by atoms with E-state index < -0.39 is 5.41 Å². The Morgan fingerprint density at radius 3 is 2.50 bits per heavy atom. The van der Waals surface area contributed by atoms with Gasteiger partial charge in [0, 0.05) is 17.7 Å². The van der Waals surface area contributed by atoms with E-state index in [1.54, 1.807) is 0 Å². The quantitative estimate of drug-likeness (QED) is 0.771. The summed E-state index contributed by atoms with van der Waals surface area (Å²) in [4.78, 5) is 17.8. The van der Waals surface area contributed by atoms with Crippen LogP contribution in [0.25, 0.3) is 0 Å². The van der Waals surface area contributed by atoms with E-state index in [1.165, 1.54) is 0 Å². The monoisotopic (exact) mass is 261 g/mol. The van der Waals surface area contributed by atoms with Crippen molar-refractivity contribution in [2.75, 3.05) is 0 Å². The minimum Gasteiger partial charge on any atom is -0.293 e. The molecule has 2 aliphatic rings. The third kappa shape index (κ3) is 1.19. The van der Waals surface area contributed by atoms with Gasteiger partial charge < -0.3 is 0 Å². The third-order valence-corrected chi connectivity index (χ3v) is 4.74. The first kappa shape index (κ1) is 11.6. The lowest BCUT2D eigenvalue weighted by atomic mass is 9.68. The van der Waals surface area contributed by atoms with Crippen LogP contribution in [0.5, 0.6) is 0 Å². The molecule has 0 spiro atoms. The number of carbonyl (C=O) groups excluding carboxylic acids is 1. The van der Waals surface area contributed by atoms with Crippen molar-refractivity contribution in [2.24, 2.45) is 10.9 Å². The van der Waals surface area contributed by atoms with Crippen LogP contribution >= 0.6 is 0 Å². The molecule has 0 aromatic heterocycles. The smallest absolute Gasteiger partial charge is 0.176 e. The number of benzene rings is 2. The van der Waals surface area contributed by atoms with Crippen molar-refractivity contribution in [2.45, 2.75) is 18.4 Å². The van der Waals surface area contributed by atoms with Crippen LogP contribution in [-0.4, -0.2) is 12.0 Å². The number of nitrogens with zero attached hydrogens (tertiary/aromatic N) is 1. The largest absolute Gasteiger partial charge is 0.293 e. The lowest BCUT2D eigenvalue weighted by Gasteiger charge is -2.31. The van der Waals surface area contributed by atoms with E-state index in [-0.39, 0.29) is 17.7 Å². The van der Waals surface area contributed by atoms with Crippen LogP contribution in [0, 0.1) is 5.92 Å². The number of aliphatic imine (C=N–C) groups is 1. The van der Waals surface area contributed by atoms with Crippen molar-refractivity contribution in [1.82, 2.24) is 0 Å². The predicted octanol–water partition coefficient (Wildman–Crippen LogP) is 3.58. The van der Waals surface area contributed by atoms with Crippen LogP contribution in [0.15, 0.2) is 59.6 Å². The Morgan fingerprint density at radius 1 is 1.00 bits per heavy atom.